The summed E-state index contributed by atoms with van der Waals surface area (Å²) in [4.78, 5) is 0. The molecule has 0 saturated carbocycles. The molecule has 0 aliphatic carbocycles. The van der Waals surface area contributed by atoms with E-state index in [1.165, 1.54) is 5.56 Å². The normalized spacial score (nSPS) is 10.6. The van der Waals surface area contributed by atoms with E-state index in [0.717, 1.165) is 34.4 Å². The molecule has 3 aromatic carbocycles. The first-order valence-corrected chi connectivity index (χ1v) is 8.25. The van der Waals surface area contributed by atoms with Crippen LogP contribution in [0.4, 0.5) is 11.5 Å². The zero-order valence-electron chi connectivity index (χ0n) is 13.7. The van der Waals surface area contributed by atoms with Gasteiger partial charge in [-0.1, -0.05) is 72.8 Å². The predicted octanol–water partition coefficient (Wildman–Crippen LogP) is 4.66. The minimum absolute atomic E-state index is 0.719. The summed E-state index contributed by atoms with van der Waals surface area (Å²) in [6, 6.07) is 28.5. The smallest absolute Gasteiger partial charge is 0.175 e. The molecule has 4 rings (SSSR count). The van der Waals surface area contributed by atoms with Crippen molar-refractivity contribution >= 4 is 22.3 Å². The summed E-state index contributed by atoms with van der Waals surface area (Å²) in [5.41, 5.74) is 9.52. The Morgan fingerprint density at radius 3 is 2.00 bits per heavy atom. The molecule has 2 N–H and O–H groups in total. The maximum atomic E-state index is 4.46. The number of rotatable bonds is 5. The number of aromatic nitrogens is 2. The molecule has 1 aromatic heterocycles. The van der Waals surface area contributed by atoms with Gasteiger partial charge in [0.1, 0.15) is 0 Å². The molecule has 0 bridgehead atoms. The van der Waals surface area contributed by atoms with Crippen molar-refractivity contribution in [3.05, 3.63) is 96.2 Å². The molecule has 0 aliphatic heterocycles. The van der Waals surface area contributed by atoms with Crippen LogP contribution in [0.15, 0.2) is 84.9 Å². The minimum Gasteiger partial charge on any atom is -0.300 e. The number of hydrazine groups is 1. The van der Waals surface area contributed by atoms with E-state index in [4.69, 9.17) is 0 Å². The quantitative estimate of drug-likeness (QED) is 0.524. The van der Waals surface area contributed by atoms with E-state index in [1.54, 1.807) is 0 Å². The standard InChI is InChI=1S/C21H18N4/c1-3-9-16(10-4-1)15-20-18-13-7-8-14-19(18)21(25-23-20)24-22-17-11-5-2-6-12-17/h1-14,22H,15H2,(H,24,25). The zero-order valence-corrected chi connectivity index (χ0v) is 13.7. The summed E-state index contributed by atoms with van der Waals surface area (Å²) >= 11 is 0. The summed E-state index contributed by atoms with van der Waals surface area (Å²) in [7, 11) is 0. The highest BCUT2D eigenvalue weighted by atomic mass is 15.4. The average molecular weight is 326 g/mol. The van der Waals surface area contributed by atoms with E-state index in [9.17, 15) is 0 Å². The van der Waals surface area contributed by atoms with E-state index in [-0.39, 0.29) is 0 Å². The Hall–Kier alpha value is -3.40. The Bertz CT molecular complexity index is 969. The molecular formula is C21H18N4. The first-order chi connectivity index (χ1) is 12.4. The Balaban J connectivity index is 1.64. The lowest BCUT2D eigenvalue weighted by molar-refractivity contribution is 0.959. The van der Waals surface area contributed by atoms with Gasteiger partial charge in [0.15, 0.2) is 5.82 Å². The highest BCUT2D eigenvalue weighted by molar-refractivity contribution is 5.93. The second-order valence-electron chi connectivity index (χ2n) is 5.82. The zero-order chi connectivity index (χ0) is 16.9. The molecule has 0 fully saturated rings. The second kappa shape index (κ2) is 7.01. The number of nitrogens with one attached hydrogen (secondary N) is 2. The van der Waals surface area contributed by atoms with Gasteiger partial charge >= 0.3 is 0 Å². The van der Waals surface area contributed by atoms with Crippen LogP contribution >= 0.6 is 0 Å². The van der Waals surface area contributed by atoms with Gasteiger partial charge in [-0.05, 0) is 17.7 Å². The molecule has 0 unspecified atom stereocenters. The van der Waals surface area contributed by atoms with Gasteiger partial charge in [0.2, 0.25) is 0 Å². The third-order valence-corrected chi connectivity index (χ3v) is 4.08. The summed E-state index contributed by atoms with van der Waals surface area (Å²) < 4.78 is 0. The maximum absolute atomic E-state index is 4.46. The van der Waals surface area contributed by atoms with E-state index < -0.39 is 0 Å². The van der Waals surface area contributed by atoms with Crippen molar-refractivity contribution in [2.24, 2.45) is 0 Å². The van der Waals surface area contributed by atoms with Crippen molar-refractivity contribution in [2.75, 3.05) is 10.9 Å². The molecule has 0 spiro atoms. The minimum atomic E-state index is 0.719. The summed E-state index contributed by atoms with van der Waals surface area (Å²) in [6.07, 6.45) is 0.765. The Morgan fingerprint density at radius 1 is 0.600 bits per heavy atom. The van der Waals surface area contributed by atoms with Crippen LogP contribution in [0, 0.1) is 0 Å². The van der Waals surface area contributed by atoms with E-state index >= 15 is 0 Å². The van der Waals surface area contributed by atoms with Crippen molar-refractivity contribution in [3.8, 4) is 0 Å². The van der Waals surface area contributed by atoms with E-state index in [2.05, 4.69) is 45.3 Å². The lowest BCUT2D eigenvalue weighted by Gasteiger charge is -2.12. The molecule has 0 radical (unpaired) electrons. The topological polar surface area (TPSA) is 49.8 Å². The van der Waals surface area contributed by atoms with Crippen molar-refractivity contribution in [3.63, 3.8) is 0 Å². The van der Waals surface area contributed by atoms with E-state index in [1.807, 2.05) is 60.7 Å². The fraction of sp³-hybridized carbons (Fsp3) is 0.0476. The molecule has 0 saturated heterocycles. The van der Waals surface area contributed by atoms with Crippen LogP contribution in [0.3, 0.4) is 0 Å². The highest BCUT2D eigenvalue weighted by Crippen LogP contribution is 2.24. The monoisotopic (exact) mass is 326 g/mol. The first-order valence-electron chi connectivity index (χ1n) is 8.25. The summed E-state index contributed by atoms with van der Waals surface area (Å²) in [5.74, 6) is 0.719. The fourth-order valence-corrected chi connectivity index (χ4v) is 2.82. The SMILES string of the molecule is c1ccc(Cc2nnc(NNc3ccccc3)c3ccccc23)cc1. The van der Waals surface area contributed by atoms with Crippen LogP contribution in [-0.2, 0) is 6.42 Å². The largest absolute Gasteiger partial charge is 0.300 e. The highest BCUT2D eigenvalue weighted by Gasteiger charge is 2.09. The molecule has 4 nitrogen and oxygen atoms in total. The van der Waals surface area contributed by atoms with Gasteiger partial charge in [-0.25, -0.2) is 0 Å². The van der Waals surface area contributed by atoms with Gasteiger partial charge in [0.25, 0.3) is 0 Å². The number of para-hydroxylation sites is 1. The van der Waals surface area contributed by atoms with Crippen LogP contribution in [0.1, 0.15) is 11.3 Å². The van der Waals surface area contributed by atoms with Gasteiger partial charge in [-0.15, -0.1) is 5.10 Å². The number of anilines is 2. The maximum Gasteiger partial charge on any atom is 0.175 e. The number of hydrogen-bond donors (Lipinski definition) is 2. The Labute approximate surface area is 146 Å². The number of benzene rings is 3. The van der Waals surface area contributed by atoms with Gasteiger partial charge in [-0.3, -0.25) is 10.9 Å². The first kappa shape index (κ1) is 15.1. The third kappa shape index (κ3) is 3.43. The van der Waals surface area contributed by atoms with Crippen molar-refractivity contribution < 1.29 is 0 Å². The molecule has 0 atom stereocenters. The number of fused-ring (bicyclic) bond motifs is 1. The molecule has 4 aromatic rings. The predicted molar refractivity (Wildman–Crippen MR) is 102 cm³/mol. The molecule has 0 amide bonds. The van der Waals surface area contributed by atoms with Gasteiger partial charge in [0.05, 0.1) is 11.4 Å². The summed E-state index contributed by atoms with van der Waals surface area (Å²) in [6.45, 7) is 0. The summed E-state index contributed by atoms with van der Waals surface area (Å²) in [5, 5.41) is 11.0. The second-order valence-corrected chi connectivity index (χ2v) is 5.82. The average Bonchev–Trinajstić information content (AvgIpc) is 2.69. The van der Waals surface area contributed by atoms with Crippen molar-refractivity contribution in [2.45, 2.75) is 6.42 Å². The van der Waals surface area contributed by atoms with Gasteiger partial charge in [-0.2, -0.15) is 5.10 Å². The van der Waals surface area contributed by atoms with Crippen LogP contribution in [-0.4, -0.2) is 10.2 Å². The van der Waals surface area contributed by atoms with Crippen molar-refractivity contribution in [1.29, 1.82) is 0 Å². The Morgan fingerprint density at radius 2 is 1.24 bits per heavy atom. The molecule has 1 heterocycles. The van der Waals surface area contributed by atoms with Crippen LogP contribution in [0.25, 0.3) is 10.8 Å². The van der Waals surface area contributed by atoms with Crippen LogP contribution in [0.5, 0.6) is 0 Å². The lowest BCUT2D eigenvalue weighted by atomic mass is 10.0. The van der Waals surface area contributed by atoms with E-state index in [0.29, 0.717) is 0 Å². The molecule has 4 heteroatoms. The molecule has 25 heavy (non-hydrogen) atoms. The Kier molecular flexibility index (Phi) is 4.25. The lowest BCUT2D eigenvalue weighted by Crippen LogP contribution is -2.12. The van der Waals surface area contributed by atoms with Crippen LogP contribution in [0.2, 0.25) is 0 Å². The third-order valence-electron chi connectivity index (χ3n) is 4.08. The molecule has 122 valence electrons. The van der Waals surface area contributed by atoms with Gasteiger partial charge in [0, 0.05) is 17.2 Å². The number of nitrogens with zero attached hydrogens (tertiary/aromatic N) is 2. The molecular weight excluding hydrogens is 308 g/mol. The number of hydrogen-bond acceptors (Lipinski definition) is 4. The fourth-order valence-electron chi connectivity index (χ4n) is 2.82. The van der Waals surface area contributed by atoms with Crippen LogP contribution < -0.4 is 10.9 Å². The van der Waals surface area contributed by atoms with Crippen molar-refractivity contribution in [1.82, 2.24) is 10.2 Å². The van der Waals surface area contributed by atoms with Gasteiger partial charge < -0.3 is 0 Å². The molecule has 0 aliphatic rings.